The van der Waals surface area contributed by atoms with Crippen LogP contribution in [0.4, 0.5) is 10.1 Å². The minimum atomic E-state index is -0.794. The molecule has 1 amide bonds. The zero-order chi connectivity index (χ0) is 24.0. The average molecular weight is 459 g/mol. The maximum Gasteiger partial charge on any atom is 0.295 e. The summed E-state index contributed by atoms with van der Waals surface area (Å²) in [5.74, 6) is -0.0298. The Morgan fingerprint density at radius 3 is 2.59 bits per heavy atom. The van der Waals surface area contributed by atoms with E-state index in [1.54, 1.807) is 24.3 Å². The molecule has 172 valence electrons. The first-order valence-electron chi connectivity index (χ1n) is 10.9. The number of methoxy groups -OCH3 is 1. The Morgan fingerprint density at radius 2 is 1.85 bits per heavy atom. The molecule has 2 heterocycles. The fraction of sp³-hybridized carbons (Fsp3) is 0.185. The number of hydrogen-bond acceptors (Lipinski definition) is 5. The van der Waals surface area contributed by atoms with Crippen molar-refractivity contribution in [2.45, 2.75) is 19.9 Å². The van der Waals surface area contributed by atoms with E-state index < -0.39 is 23.2 Å². The van der Waals surface area contributed by atoms with Crippen LogP contribution in [0.2, 0.25) is 0 Å². The van der Waals surface area contributed by atoms with Gasteiger partial charge in [-0.2, -0.15) is 0 Å². The number of amides is 1. The van der Waals surface area contributed by atoms with E-state index in [-0.39, 0.29) is 22.3 Å². The molecule has 6 nitrogen and oxygen atoms in total. The molecule has 0 fully saturated rings. The fourth-order valence-electron chi connectivity index (χ4n) is 4.43. The van der Waals surface area contributed by atoms with Crippen molar-refractivity contribution < 1.29 is 23.1 Å². The van der Waals surface area contributed by atoms with Crippen LogP contribution in [0.5, 0.6) is 11.5 Å². The smallest absolute Gasteiger partial charge is 0.295 e. The van der Waals surface area contributed by atoms with Crippen molar-refractivity contribution in [2.75, 3.05) is 18.6 Å². The second-order valence-corrected chi connectivity index (χ2v) is 8.07. The van der Waals surface area contributed by atoms with E-state index in [9.17, 15) is 14.0 Å². The Labute approximate surface area is 195 Å². The Hall–Kier alpha value is -4.13. The molecular weight excluding hydrogens is 437 g/mol. The van der Waals surface area contributed by atoms with Crippen LogP contribution in [0.1, 0.15) is 40.2 Å². The van der Waals surface area contributed by atoms with Crippen LogP contribution in [0.25, 0.3) is 11.0 Å². The van der Waals surface area contributed by atoms with Gasteiger partial charge in [0, 0.05) is 5.69 Å². The van der Waals surface area contributed by atoms with Crippen LogP contribution in [-0.4, -0.2) is 19.6 Å². The molecule has 1 unspecified atom stereocenters. The number of benzene rings is 3. The van der Waals surface area contributed by atoms with Crippen molar-refractivity contribution in [3.05, 3.63) is 99.2 Å². The first kappa shape index (κ1) is 21.7. The minimum Gasteiger partial charge on any atom is -0.493 e. The zero-order valence-corrected chi connectivity index (χ0v) is 18.9. The van der Waals surface area contributed by atoms with E-state index in [0.29, 0.717) is 29.4 Å². The van der Waals surface area contributed by atoms with Crippen molar-refractivity contribution >= 4 is 22.6 Å². The van der Waals surface area contributed by atoms with Gasteiger partial charge in [-0.05, 0) is 67.4 Å². The van der Waals surface area contributed by atoms with Crippen LogP contribution in [0.3, 0.4) is 0 Å². The second-order valence-electron chi connectivity index (χ2n) is 8.07. The number of carbonyl (C=O) groups excluding carboxylic acids is 1. The number of fused-ring (bicyclic) bond motifs is 2. The molecule has 5 rings (SSSR count). The molecule has 1 atom stereocenters. The van der Waals surface area contributed by atoms with Gasteiger partial charge < -0.3 is 13.9 Å². The summed E-state index contributed by atoms with van der Waals surface area (Å²) in [5, 5.41) is 0.0838. The van der Waals surface area contributed by atoms with E-state index in [1.165, 1.54) is 24.1 Å². The lowest BCUT2D eigenvalue weighted by molar-refractivity contribution is 0.0971. The molecule has 0 saturated heterocycles. The van der Waals surface area contributed by atoms with Crippen LogP contribution >= 0.6 is 0 Å². The van der Waals surface area contributed by atoms with E-state index >= 15 is 0 Å². The van der Waals surface area contributed by atoms with Gasteiger partial charge in [0.25, 0.3) is 5.91 Å². The highest BCUT2D eigenvalue weighted by atomic mass is 19.1. The Morgan fingerprint density at radius 1 is 1.03 bits per heavy atom. The number of hydrogen-bond donors (Lipinski definition) is 0. The average Bonchev–Trinajstić information content (AvgIpc) is 3.12. The molecule has 4 aromatic rings. The molecule has 0 radical (unpaired) electrons. The fourth-order valence-corrected chi connectivity index (χ4v) is 4.43. The summed E-state index contributed by atoms with van der Waals surface area (Å²) < 4.78 is 31.0. The lowest BCUT2D eigenvalue weighted by atomic mass is 9.97. The van der Waals surface area contributed by atoms with Crippen molar-refractivity contribution in [2.24, 2.45) is 0 Å². The van der Waals surface area contributed by atoms with E-state index in [4.69, 9.17) is 13.9 Å². The van der Waals surface area contributed by atoms with E-state index in [2.05, 4.69) is 0 Å². The number of anilines is 1. The largest absolute Gasteiger partial charge is 0.493 e. The van der Waals surface area contributed by atoms with E-state index in [0.717, 1.165) is 11.6 Å². The minimum absolute atomic E-state index is 0.0523. The summed E-state index contributed by atoms with van der Waals surface area (Å²) in [4.78, 5) is 28.8. The number of carbonyl (C=O) groups is 1. The lowest BCUT2D eigenvalue weighted by Crippen LogP contribution is -2.29. The summed E-state index contributed by atoms with van der Waals surface area (Å²) in [5.41, 5.74) is 2.08. The Balaban J connectivity index is 1.80. The van der Waals surface area contributed by atoms with Gasteiger partial charge in [-0.1, -0.05) is 18.2 Å². The number of aryl methyl sites for hydroxylation is 1. The SMILES string of the molecule is CCOc1ccc(C2c3c(oc4ccc(F)cc4c3=O)C(=O)N2c2cccc(C)c2)cc1OC. The highest BCUT2D eigenvalue weighted by Crippen LogP contribution is 2.43. The summed E-state index contributed by atoms with van der Waals surface area (Å²) in [6.45, 7) is 4.25. The first-order valence-corrected chi connectivity index (χ1v) is 10.9. The molecule has 1 aliphatic rings. The number of ether oxygens (including phenoxy) is 2. The molecular formula is C27H22FNO5. The summed E-state index contributed by atoms with van der Waals surface area (Å²) in [6.07, 6.45) is 0. The van der Waals surface area contributed by atoms with Crippen LogP contribution in [-0.2, 0) is 0 Å². The molecule has 1 aromatic heterocycles. The third-order valence-corrected chi connectivity index (χ3v) is 5.92. The summed E-state index contributed by atoms with van der Waals surface area (Å²) in [7, 11) is 1.53. The van der Waals surface area contributed by atoms with Gasteiger partial charge in [-0.3, -0.25) is 14.5 Å². The molecule has 7 heteroatoms. The maximum absolute atomic E-state index is 14.0. The van der Waals surface area contributed by atoms with Crippen LogP contribution in [0.15, 0.2) is 69.9 Å². The molecule has 0 bridgehead atoms. The Bertz CT molecular complexity index is 1490. The van der Waals surface area contributed by atoms with Crippen molar-refractivity contribution in [1.82, 2.24) is 0 Å². The van der Waals surface area contributed by atoms with Gasteiger partial charge in [0.1, 0.15) is 11.4 Å². The van der Waals surface area contributed by atoms with Gasteiger partial charge in [0.2, 0.25) is 5.76 Å². The molecule has 0 aliphatic carbocycles. The molecule has 1 aliphatic heterocycles. The third kappa shape index (κ3) is 3.41. The van der Waals surface area contributed by atoms with Crippen LogP contribution < -0.4 is 19.8 Å². The summed E-state index contributed by atoms with van der Waals surface area (Å²) >= 11 is 0. The van der Waals surface area contributed by atoms with Gasteiger partial charge in [0.15, 0.2) is 16.9 Å². The second kappa shape index (κ2) is 8.33. The molecule has 0 saturated carbocycles. The summed E-state index contributed by atoms with van der Waals surface area (Å²) in [6, 6.07) is 15.6. The number of nitrogens with zero attached hydrogens (tertiary/aromatic N) is 1. The number of halogens is 1. The Kier molecular flexibility index (Phi) is 5.32. The monoisotopic (exact) mass is 459 g/mol. The molecule has 0 spiro atoms. The quantitative estimate of drug-likeness (QED) is 0.400. The molecule has 0 N–H and O–H groups in total. The molecule has 3 aromatic carbocycles. The molecule has 34 heavy (non-hydrogen) atoms. The standard InChI is InChI=1S/C27H22FNO5/c1-4-33-21-10-8-16(13-22(21)32-3)24-23-25(30)19-14-17(28)9-11-20(19)34-26(23)27(31)29(24)18-7-5-6-15(2)12-18/h5-14,24H,4H2,1-3H3. The third-order valence-electron chi connectivity index (χ3n) is 5.92. The van der Waals surface area contributed by atoms with E-state index in [1.807, 2.05) is 32.0 Å². The predicted molar refractivity (Wildman–Crippen MR) is 126 cm³/mol. The normalized spacial score (nSPS) is 15.0. The highest BCUT2D eigenvalue weighted by Gasteiger charge is 2.44. The predicted octanol–water partition coefficient (Wildman–Crippen LogP) is 5.40. The lowest BCUT2D eigenvalue weighted by Gasteiger charge is -2.26. The van der Waals surface area contributed by atoms with Crippen molar-refractivity contribution in [3.63, 3.8) is 0 Å². The topological polar surface area (TPSA) is 69.0 Å². The zero-order valence-electron chi connectivity index (χ0n) is 18.9. The highest BCUT2D eigenvalue weighted by molar-refractivity contribution is 6.10. The van der Waals surface area contributed by atoms with Gasteiger partial charge in [0.05, 0.1) is 30.7 Å². The van der Waals surface area contributed by atoms with Crippen LogP contribution in [0, 0.1) is 12.7 Å². The van der Waals surface area contributed by atoms with Gasteiger partial charge >= 0.3 is 0 Å². The van der Waals surface area contributed by atoms with Gasteiger partial charge in [-0.25, -0.2) is 4.39 Å². The van der Waals surface area contributed by atoms with Crippen molar-refractivity contribution in [3.8, 4) is 11.5 Å². The first-order chi connectivity index (χ1) is 16.4. The van der Waals surface area contributed by atoms with Gasteiger partial charge in [-0.15, -0.1) is 0 Å². The number of rotatable bonds is 5. The van der Waals surface area contributed by atoms with Crippen molar-refractivity contribution in [1.29, 1.82) is 0 Å². The maximum atomic E-state index is 14.0.